The first kappa shape index (κ1) is 9.09. The lowest BCUT2D eigenvalue weighted by Crippen LogP contribution is -2.35. The highest BCUT2D eigenvalue weighted by Gasteiger charge is 2.57. The molecule has 0 radical (unpaired) electrons. The van der Waals surface area contributed by atoms with Crippen LogP contribution in [0.25, 0.3) is 0 Å². The molecule has 80 valence electrons. The van der Waals surface area contributed by atoms with Gasteiger partial charge in [0.2, 0.25) is 0 Å². The molecule has 1 saturated carbocycles. The summed E-state index contributed by atoms with van der Waals surface area (Å²) in [5, 5.41) is 9.97. The molecule has 2 heterocycles. The van der Waals surface area contributed by atoms with Gasteiger partial charge in [0.15, 0.2) is 12.1 Å². The zero-order valence-corrected chi connectivity index (χ0v) is 8.47. The van der Waals surface area contributed by atoms with Gasteiger partial charge >= 0.3 is 0 Å². The first-order valence-electron chi connectivity index (χ1n) is 5.26. The van der Waals surface area contributed by atoms with Crippen LogP contribution in [0.2, 0.25) is 0 Å². The van der Waals surface area contributed by atoms with E-state index in [9.17, 15) is 5.11 Å². The quantitative estimate of drug-likeness (QED) is 0.674. The minimum atomic E-state index is -0.620. The van der Waals surface area contributed by atoms with Crippen LogP contribution in [0.3, 0.4) is 0 Å². The van der Waals surface area contributed by atoms with Gasteiger partial charge in [0.25, 0.3) is 0 Å². The van der Waals surface area contributed by atoms with Crippen molar-refractivity contribution >= 4 is 0 Å². The number of hydrogen-bond acceptors (Lipinski definition) is 4. The molecule has 0 aromatic heterocycles. The van der Waals surface area contributed by atoms with Crippen molar-refractivity contribution < 1.29 is 19.3 Å². The summed E-state index contributed by atoms with van der Waals surface area (Å²) in [4.78, 5) is 0. The third-order valence-corrected chi connectivity index (χ3v) is 3.14. The SMILES string of the molecule is CC1(C)OC2OC(C3CC3)C(O)C2O1. The van der Waals surface area contributed by atoms with Gasteiger partial charge in [-0.05, 0) is 32.6 Å². The minimum Gasteiger partial charge on any atom is -0.387 e. The summed E-state index contributed by atoms with van der Waals surface area (Å²) in [6.45, 7) is 3.68. The molecular weight excluding hydrogens is 184 g/mol. The average molecular weight is 200 g/mol. The van der Waals surface area contributed by atoms with Gasteiger partial charge in [-0.25, -0.2) is 0 Å². The first-order valence-corrected chi connectivity index (χ1v) is 5.26. The molecule has 1 N–H and O–H groups in total. The number of ether oxygens (including phenoxy) is 3. The fraction of sp³-hybridized carbons (Fsp3) is 1.00. The van der Waals surface area contributed by atoms with E-state index in [2.05, 4.69) is 0 Å². The van der Waals surface area contributed by atoms with Gasteiger partial charge in [0, 0.05) is 0 Å². The normalized spacial score (nSPS) is 50.8. The van der Waals surface area contributed by atoms with E-state index >= 15 is 0 Å². The Balaban J connectivity index is 1.74. The van der Waals surface area contributed by atoms with E-state index in [4.69, 9.17) is 14.2 Å². The van der Waals surface area contributed by atoms with E-state index in [0.717, 1.165) is 12.8 Å². The summed E-state index contributed by atoms with van der Waals surface area (Å²) < 4.78 is 16.8. The van der Waals surface area contributed by atoms with Gasteiger partial charge in [0.1, 0.15) is 12.2 Å². The topological polar surface area (TPSA) is 47.9 Å². The summed E-state index contributed by atoms with van der Waals surface area (Å²) in [6.07, 6.45) is 1.06. The number of fused-ring (bicyclic) bond motifs is 1. The third kappa shape index (κ3) is 1.29. The molecule has 4 heteroatoms. The van der Waals surface area contributed by atoms with Crippen molar-refractivity contribution in [1.29, 1.82) is 0 Å². The maximum absolute atomic E-state index is 9.97. The fourth-order valence-corrected chi connectivity index (χ4v) is 2.33. The highest BCUT2D eigenvalue weighted by atomic mass is 16.8. The molecule has 4 atom stereocenters. The Labute approximate surface area is 83.1 Å². The zero-order chi connectivity index (χ0) is 9.92. The predicted octanol–water partition coefficient (Wildman–Crippen LogP) is 0.634. The maximum atomic E-state index is 9.97. The van der Waals surface area contributed by atoms with Crippen molar-refractivity contribution in [3.8, 4) is 0 Å². The maximum Gasteiger partial charge on any atom is 0.190 e. The van der Waals surface area contributed by atoms with Crippen LogP contribution in [0.4, 0.5) is 0 Å². The van der Waals surface area contributed by atoms with Crippen molar-refractivity contribution in [2.75, 3.05) is 0 Å². The van der Waals surface area contributed by atoms with Crippen LogP contribution in [-0.2, 0) is 14.2 Å². The molecule has 3 fully saturated rings. The Morgan fingerprint density at radius 2 is 1.86 bits per heavy atom. The molecule has 2 aliphatic heterocycles. The smallest absolute Gasteiger partial charge is 0.190 e. The average Bonchev–Trinajstić information content (AvgIpc) is 2.81. The van der Waals surface area contributed by atoms with E-state index in [-0.39, 0.29) is 18.5 Å². The van der Waals surface area contributed by atoms with Crippen LogP contribution in [0.15, 0.2) is 0 Å². The van der Waals surface area contributed by atoms with E-state index in [1.165, 1.54) is 0 Å². The third-order valence-electron chi connectivity index (χ3n) is 3.14. The summed E-state index contributed by atoms with van der Waals surface area (Å²) in [6, 6.07) is 0. The Kier molecular flexibility index (Phi) is 1.75. The molecule has 0 bridgehead atoms. The molecule has 0 amide bonds. The number of rotatable bonds is 1. The van der Waals surface area contributed by atoms with Crippen molar-refractivity contribution in [1.82, 2.24) is 0 Å². The van der Waals surface area contributed by atoms with Crippen molar-refractivity contribution in [2.45, 2.75) is 57.1 Å². The summed E-state index contributed by atoms with van der Waals surface area (Å²) in [7, 11) is 0. The van der Waals surface area contributed by atoms with Gasteiger partial charge in [-0.3, -0.25) is 0 Å². The lowest BCUT2D eigenvalue weighted by Gasteiger charge is -2.22. The van der Waals surface area contributed by atoms with Crippen LogP contribution in [0.5, 0.6) is 0 Å². The molecular formula is C10H16O4. The van der Waals surface area contributed by atoms with Gasteiger partial charge in [-0.1, -0.05) is 0 Å². The van der Waals surface area contributed by atoms with Crippen LogP contribution in [-0.4, -0.2) is 35.5 Å². The summed E-state index contributed by atoms with van der Waals surface area (Å²) in [5.41, 5.74) is 0. The second-order valence-corrected chi connectivity index (χ2v) is 4.90. The van der Waals surface area contributed by atoms with Gasteiger partial charge in [-0.15, -0.1) is 0 Å². The van der Waals surface area contributed by atoms with Crippen LogP contribution < -0.4 is 0 Å². The summed E-state index contributed by atoms with van der Waals surface area (Å²) >= 11 is 0. The molecule has 3 rings (SSSR count). The fourth-order valence-electron chi connectivity index (χ4n) is 2.33. The highest BCUT2D eigenvalue weighted by Crippen LogP contribution is 2.45. The Hall–Kier alpha value is -0.160. The standard InChI is InChI=1S/C10H16O4/c1-10(2)13-8-6(11)7(5-3-4-5)12-9(8)14-10/h5-9,11H,3-4H2,1-2H3. The zero-order valence-electron chi connectivity index (χ0n) is 8.47. The van der Waals surface area contributed by atoms with E-state index in [0.29, 0.717) is 5.92 Å². The lowest BCUT2D eigenvalue weighted by atomic mass is 10.1. The van der Waals surface area contributed by atoms with Crippen molar-refractivity contribution in [2.24, 2.45) is 5.92 Å². The molecule has 14 heavy (non-hydrogen) atoms. The lowest BCUT2D eigenvalue weighted by molar-refractivity contribution is -0.217. The van der Waals surface area contributed by atoms with Crippen molar-refractivity contribution in [3.05, 3.63) is 0 Å². The number of hydrogen-bond donors (Lipinski definition) is 1. The Morgan fingerprint density at radius 1 is 1.14 bits per heavy atom. The van der Waals surface area contributed by atoms with Gasteiger partial charge in [0.05, 0.1) is 6.10 Å². The first-order chi connectivity index (χ1) is 6.57. The van der Waals surface area contributed by atoms with E-state index < -0.39 is 11.9 Å². The monoisotopic (exact) mass is 200 g/mol. The predicted molar refractivity (Wildman–Crippen MR) is 47.4 cm³/mol. The number of aliphatic hydroxyl groups is 1. The van der Waals surface area contributed by atoms with Crippen LogP contribution in [0.1, 0.15) is 26.7 Å². The molecule has 0 spiro atoms. The summed E-state index contributed by atoms with van der Waals surface area (Å²) in [5.74, 6) is -0.101. The Bertz CT molecular complexity index is 247. The van der Waals surface area contributed by atoms with Crippen LogP contribution in [0, 0.1) is 5.92 Å². The van der Waals surface area contributed by atoms with Gasteiger partial charge in [-0.2, -0.15) is 0 Å². The number of aliphatic hydroxyl groups excluding tert-OH is 1. The largest absolute Gasteiger partial charge is 0.387 e. The Morgan fingerprint density at radius 3 is 2.43 bits per heavy atom. The molecule has 3 aliphatic rings. The highest BCUT2D eigenvalue weighted by molar-refractivity contribution is 4.98. The second kappa shape index (κ2) is 2.70. The molecule has 0 aromatic rings. The minimum absolute atomic E-state index is 0.0684. The van der Waals surface area contributed by atoms with Crippen molar-refractivity contribution in [3.63, 3.8) is 0 Å². The van der Waals surface area contributed by atoms with Crippen LogP contribution >= 0.6 is 0 Å². The molecule has 4 nitrogen and oxygen atoms in total. The second-order valence-electron chi connectivity index (χ2n) is 4.90. The molecule has 0 aromatic carbocycles. The van der Waals surface area contributed by atoms with E-state index in [1.54, 1.807) is 0 Å². The van der Waals surface area contributed by atoms with Gasteiger partial charge < -0.3 is 19.3 Å². The molecule has 4 unspecified atom stereocenters. The molecule has 2 saturated heterocycles. The van der Waals surface area contributed by atoms with E-state index in [1.807, 2.05) is 13.8 Å². The molecule has 1 aliphatic carbocycles.